The summed E-state index contributed by atoms with van der Waals surface area (Å²) in [6, 6.07) is 10.7. The Morgan fingerprint density at radius 2 is 1.95 bits per heavy atom. The molecular formula is C14H17NO3S2. The first kappa shape index (κ1) is 15.0. The topological polar surface area (TPSA) is 55.4 Å². The van der Waals surface area contributed by atoms with E-state index in [4.69, 9.17) is 4.74 Å². The third-order valence-corrected chi connectivity index (χ3v) is 5.42. The van der Waals surface area contributed by atoms with Crippen LogP contribution in [0, 0.1) is 0 Å². The summed E-state index contributed by atoms with van der Waals surface area (Å²) in [7, 11) is -3.40. The van der Waals surface area contributed by atoms with E-state index >= 15 is 0 Å². The second-order valence-electron chi connectivity index (χ2n) is 4.25. The molecule has 0 saturated heterocycles. The first-order valence-electron chi connectivity index (χ1n) is 6.37. The molecule has 0 bridgehead atoms. The first-order chi connectivity index (χ1) is 9.62. The van der Waals surface area contributed by atoms with E-state index in [-0.39, 0.29) is 6.54 Å². The van der Waals surface area contributed by atoms with Crippen molar-refractivity contribution in [3.8, 4) is 5.75 Å². The molecular weight excluding hydrogens is 294 g/mol. The molecule has 6 heteroatoms. The van der Waals surface area contributed by atoms with Crippen LogP contribution in [-0.4, -0.2) is 15.0 Å². The molecule has 1 heterocycles. The molecule has 2 aromatic rings. The van der Waals surface area contributed by atoms with Gasteiger partial charge in [-0.1, -0.05) is 25.1 Å². The highest BCUT2D eigenvalue weighted by molar-refractivity contribution is 7.91. The molecule has 0 radical (unpaired) electrons. The highest BCUT2D eigenvalue weighted by Gasteiger charge is 2.14. The summed E-state index contributed by atoms with van der Waals surface area (Å²) in [6.07, 6.45) is 0.961. The Morgan fingerprint density at radius 1 is 1.20 bits per heavy atom. The van der Waals surface area contributed by atoms with Gasteiger partial charge in [-0.15, -0.1) is 11.3 Å². The molecule has 20 heavy (non-hydrogen) atoms. The van der Waals surface area contributed by atoms with Crippen LogP contribution < -0.4 is 9.46 Å². The lowest BCUT2D eigenvalue weighted by Gasteiger charge is -2.07. The molecule has 0 aliphatic rings. The normalized spacial score (nSPS) is 11.4. The summed E-state index contributed by atoms with van der Waals surface area (Å²) in [4.78, 5) is 0. The first-order valence-corrected chi connectivity index (χ1v) is 8.73. The zero-order valence-electron chi connectivity index (χ0n) is 11.2. The summed E-state index contributed by atoms with van der Waals surface area (Å²) in [5.41, 5.74) is 0.897. The van der Waals surface area contributed by atoms with Gasteiger partial charge >= 0.3 is 0 Å². The van der Waals surface area contributed by atoms with Gasteiger partial charge in [0, 0.05) is 6.54 Å². The number of hydrogen-bond donors (Lipinski definition) is 1. The van der Waals surface area contributed by atoms with Crippen molar-refractivity contribution in [2.75, 3.05) is 6.61 Å². The molecule has 108 valence electrons. The second kappa shape index (κ2) is 6.88. The van der Waals surface area contributed by atoms with E-state index in [2.05, 4.69) is 4.72 Å². The Bertz CT molecular complexity index is 619. The molecule has 0 amide bonds. The standard InChI is InChI=1S/C14H17NO3S2/c1-2-9-18-13-7-5-12(6-8-13)11-15-20(16,17)14-4-3-10-19-14/h3-8,10,15H,2,9,11H2,1H3. The molecule has 0 fully saturated rings. The number of hydrogen-bond acceptors (Lipinski definition) is 4. The van der Waals surface area contributed by atoms with E-state index in [0.29, 0.717) is 10.8 Å². The van der Waals surface area contributed by atoms with E-state index in [1.54, 1.807) is 17.5 Å². The molecule has 1 aromatic carbocycles. The van der Waals surface area contributed by atoms with Gasteiger partial charge < -0.3 is 4.74 Å². The molecule has 1 N–H and O–H groups in total. The lowest BCUT2D eigenvalue weighted by Crippen LogP contribution is -2.22. The molecule has 4 nitrogen and oxygen atoms in total. The van der Waals surface area contributed by atoms with Gasteiger partial charge in [-0.25, -0.2) is 13.1 Å². The van der Waals surface area contributed by atoms with Gasteiger partial charge in [0.15, 0.2) is 0 Å². The zero-order chi connectivity index (χ0) is 14.4. The maximum absolute atomic E-state index is 11.9. The Kier molecular flexibility index (Phi) is 5.17. The third kappa shape index (κ3) is 4.06. The van der Waals surface area contributed by atoms with Crippen LogP contribution in [0.3, 0.4) is 0 Å². The van der Waals surface area contributed by atoms with Crippen molar-refractivity contribution in [3.05, 3.63) is 47.3 Å². The van der Waals surface area contributed by atoms with Gasteiger partial charge in [0.05, 0.1) is 6.61 Å². The van der Waals surface area contributed by atoms with Crippen LogP contribution in [0.5, 0.6) is 5.75 Å². The molecule has 2 rings (SSSR count). The molecule has 0 unspecified atom stereocenters. The number of rotatable bonds is 7. The predicted octanol–water partition coefficient (Wildman–Crippen LogP) is 3.02. The fraction of sp³-hybridized carbons (Fsp3) is 0.286. The molecule has 0 spiro atoms. The minimum absolute atomic E-state index is 0.272. The monoisotopic (exact) mass is 311 g/mol. The largest absolute Gasteiger partial charge is 0.494 e. The number of nitrogens with one attached hydrogen (secondary N) is 1. The van der Waals surface area contributed by atoms with Gasteiger partial charge in [0.2, 0.25) is 10.0 Å². The van der Waals surface area contributed by atoms with Crippen LogP contribution in [0.1, 0.15) is 18.9 Å². The molecule has 0 aliphatic heterocycles. The highest BCUT2D eigenvalue weighted by atomic mass is 32.2. The zero-order valence-corrected chi connectivity index (χ0v) is 12.8. The van der Waals surface area contributed by atoms with Crippen molar-refractivity contribution in [2.45, 2.75) is 24.1 Å². The van der Waals surface area contributed by atoms with Crippen molar-refractivity contribution >= 4 is 21.4 Å². The lowest BCUT2D eigenvalue weighted by atomic mass is 10.2. The van der Waals surface area contributed by atoms with Gasteiger partial charge in [-0.3, -0.25) is 0 Å². The van der Waals surface area contributed by atoms with Crippen molar-refractivity contribution in [2.24, 2.45) is 0 Å². The van der Waals surface area contributed by atoms with Crippen LogP contribution in [0.2, 0.25) is 0 Å². The lowest BCUT2D eigenvalue weighted by molar-refractivity contribution is 0.317. The van der Waals surface area contributed by atoms with Crippen LogP contribution in [0.25, 0.3) is 0 Å². The molecule has 0 aliphatic carbocycles. The van der Waals surface area contributed by atoms with E-state index in [1.807, 2.05) is 31.2 Å². The Labute approximate surface area is 123 Å². The third-order valence-electron chi connectivity index (χ3n) is 2.62. The van der Waals surface area contributed by atoms with E-state index in [0.717, 1.165) is 17.7 Å². The number of thiophene rings is 1. The van der Waals surface area contributed by atoms with E-state index < -0.39 is 10.0 Å². The van der Waals surface area contributed by atoms with Crippen LogP contribution in [0.15, 0.2) is 46.0 Å². The average Bonchev–Trinajstić information content (AvgIpc) is 2.99. The molecule has 0 atom stereocenters. The van der Waals surface area contributed by atoms with Gasteiger partial charge in [-0.05, 0) is 35.6 Å². The SMILES string of the molecule is CCCOc1ccc(CNS(=O)(=O)c2cccs2)cc1. The Morgan fingerprint density at radius 3 is 2.55 bits per heavy atom. The number of ether oxygens (including phenoxy) is 1. The van der Waals surface area contributed by atoms with Crippen molar-refractivity contribution in [1.82, 2.24) is 4.72 Å². The fourth-order valence-electron chi connectivity index (χ4n) is 1.59. The average molecular weight is 311 g/mol. The van der Waals surface area contributed by atoms with Crippen molar-refractivity contribution in [1.29, 1.82) is 0 Å². The fourth-order valence-corrected chi connectivity index (χ4v) is 3.64. The van der Waals surface area contributed by atoms with Crippen molar-refractivity contribution in [3.63, 3.8) is 0 Å². The van der Waals surface area contributed by atoms with Crippen LogP contribution in [0.4, 0.5) is 0 Å². The Balaban J connectivity index is 1.94. The predicted molar refractivity (Wildman–Crippen MR) is 80.6 cm³/mol. The van der Waals surface area contributed by atoms with E-state index in [1.165, 1.54) is 11.3 Å². The second-order valence-corrected chi connectivity index (χ2v) is 7.19. The minimum atomic E-state index is -3.40. The van der Waals surface area contributed by atoms with Gasteiger partial charge in [0.1, 0.15) is 9.96 Å². The van der Waals surface area contributed by atoms with Crippen molar-refractivity contribution < 1.29 is 13.2 Å². The van der Waals surface area contributed by atoms with Gasteiger partial charge in [-0.2, -0.15) is 0 Å². The number of sulfonamides is 1. The summed E-state index contributed by atoms with van der Waals surface area (Å²) < 4.78 is 32.3. The molecule has 1 aromatic heterocycles. The highest BCUT2D eigenvalue weighted by Crippen LogP contribution is 2.17. The summed E-state index contributed by atoms with van der Waals surface area (Å²) in [5, 5.41) is 1.74. The van der Waals surface area contributed by atoms with Crippen LogP contribution in [-0.2, 0) is 16.6 Å². The maximum atomic E-state index is 11.9. The maximum Gasteiger partial charge on any atom is 0.250 e. The summed E-state index contributed by atoms with van der Waals surface area (Å²) >= 11 is 1.21. The summed E-state index contributed by atoms with van der Waals surface area (Å²) in [5.74, 6) is 0.803. The minimum Gasteiger partial charge on any atom is -0.494 e. The van der Waals surface area contributed by atoms with Crippen LogP contribution >= 0.6 is 11.3 Å². The Hall–Kier alpha value is -1.37. The summed E-state index contributed by atoms with van der Waals surface area (Å²) in [6.45, 7) is 3.01. The molecule has 0 saturated carbocycles. The quantitative estimate of drug-likeness (QED) is 0.855. The number of benzene rings is 1. The van der Waals surface area contributed by atoms with Gasteiger partial charge in [0.25, 0.3) is 0 Å². The smallest absolute Gasteiger partial charge is 0.250 e. The van der Waals surface area contributed by atoms with E-state index in [9.17, 15) is 8.42 Å².